The van der Waals surface area contributed by atoms with Crippen LogP contribution in [-0.4, -0.2) is 43.4 Å². The van der Waals surface area contributed by atoms with Crippen LogP contribution >= 0.6 is 0 Å². The Bertz CT molecular complexity index is 1210. The number of nitrogens with one attached hydrogen (secondary N) is 1. The SMILES string of the molecule is Cc1nn(C)c2ncc(-c3ccc4c(c3)CN(C3CCC(=O)NC3=O)C4=O)cc12. The Morgan fingerprint density at radius 2 is 1.97 bits per heavy atom. The average molecular weight is 389 g/mol. The van der Waals surface area contributed by atoms with Crippen molar-refractivity contribution in [2.45, 2.75) is 32.4 Å². The van der Waals surface area contributed by atoms with Crippen LogP contribution in [0, 0.1) is 6.92 Å². The molecule has 3 amide bonds. The predicted molar refractivity (Wildman–Crippen MR) is 105 cm³/mol. The van der Waals surface area contributed by atoms with Crippen LogP contribution in [0.25, 0.3) is 22.2 Å². The van der Waals surface area contributed by atoms with Crippen LogP contribution in [0.3, 0.4) is 0 Å². The number of aromatic nitrogens is 3. The highest BCUT2D eigenvalue weighted by Gasteiger charge is 2.39. The van der Waals surface area contributed by atoms with Crippen molar-refractivity contribution >= 4 is 28.8 Å². The molecule has 0 bridgehead atoms. The summed E-state index contributed by atoms with van der Waals surface area (Å²) in [5.74, 6) is -0.853. The summed E-state index contributed by atoms with van der Waals surface area (Å²) in [6.07, 6.45) is 2.41. The number of piperidine rings is 1. The van der Waals surface area contributed by atoms with E-state index in [0.717, 1.165) is 33.4 Å². The summed E-state index contributed by atoms with van der Waals surface area (Å²) in [7, 11) is 1.87. The molecule has 1 saturated heterocycles. The topological polar surface area (TPSA) is 97.2 Å². The van der Waals surface area contributed by atoms with Gasteiger partial charge in [-0.15, -0.1) is 0 Å². The van der Waals surface area contributed by atoms with Crippen LogP contribution in [-0.2, 0) is 23.2 Å². The zero-order valence-electron chi connectivity index (χ0n) is 16.1. The zero-order valence-corrected chi connectivity index (χ0v) is 16.1. The minimum atomic E-state index is -0.605. The molecular formula is C21H19N5O3. The van der Waals surface area contributed by atoms with Crippen molar-refractivity contribution in [3.05, 3.63) is 47.3 Å². The average Bonchev–Trinajstić information content (AvgIpc) is 3.17. The maximum absolute atomic E-state index is 12.8. The third-order valence-electron chi connectivity index (χ3n) is 5.72. The fraction of sp³-hybridized carbons (Fsp3) is 0.286. The molecule has 1 N–H and O–H groups in total. The van der Waals surface area contributed by atoms with Gasteiger partial charge in [0.25, 0.3) is 5.91 Å². The molecule has 2 aliphatic heterocycles. The summed E-state index contributed by atoms with van der Waals surface area (Å²) >= 11 is 0. The summed E-state index contributed by atoms with van der Waals surface area (Å²) in [5.41, 5.74) is 5.12. The van der Waals surface area contributed by atoms with Crippen molar-refractivity contribution in [1.29, 1.82) is 0 Å². The zero-order chi connectivity index (χ0) is 20.3. The van der Waals surface area contributed by atoms with E-state index in [1.54, 1.807) is 21.8 Å². The molecule has 1 atom stereocenters. The number of imide groups is 1. The number of benzene rings is 1. The minimum absolute atomic E-state index is 0.169. The van der Waals surface area contributed by atoms with E-state index in [-0.39, 0.29) is 18.2 Å². The van der Waals surface area contributed by atoms with Gasteiger partial charge in [0.05, 0.1) is 5.69 Å². The lowest BCUT2D eigenvalue weighted by molar-refractivity contribution is -0.136. The second-order valence-corrected chi connectivity index (χ2v) is 7.58. The molecule has 0 radical (unpaired) electrons. The van der Waals surface area contributed by atoms with Crippen molar-refractivity contribution < 1.29 is 14.4 Å². The van der Waals surface area contributed by atoms with Gasteiger partial charge >= 0.3 is 0 Å². The second-order valence-electron chi connectivity index (χ2n) is 7.58. The van der Waals surface area contributed by atoms with Crippen molar-refractivity contribution in [2.75, 3.05) is 0 Å². The van der Waals surface area contributed by atoms with E-state index < -0.39 is 11.9 Å². The fourth-order valence-corrected chi connectivity index (χ4v) is 4.22. The van der Waals surface area contributed by atoms with Gasteiger partial charge in [-0.2, -0.15) is 5.10 Å². The Kier molecular flexibility index (Phi) is 3.77. The molecule has 2 aromatic heterocycles. The smallest absolute Gasteiger partial charge is 0.255 e. The van der Waals surface area contributed by atoms with Gasteiger partial charge in [0.1, 0.15) is 6.04 Å². The highest BCUT2D eigenvalue weighted by atomic mass is 16.2. The lowest BCUT2D eigenvalue weighted by atomic mass is 10.0. The predicted octanol–water partition coefficient (Wildman–Crippen LogP) is 1.70. The van der Waals surface area contributed by atoms with Crippen molar-refractivity contribution in [2.24, 2.45) is 7.05 Å². The number of carbonyl (C=O) groups excluding carboxylic acids is 3. The Hall–Kier alpha value is -3.55. The first kappa shape index (κ1) is 17.5. The molecule has 1 aromatic carbocycles. The quantitative estimate of drug-likeness (QED) is 0.673. The molecule has 29 heavy (non-hydrogen) atoms. The van der Waals surface area contributed by atoms with Gasteiger partial charge < -0.3 is 4.90 Å². The van der Waals surface area contributed by atoms with Crippen LogP contribution in [0.2, 0.25) is 0 Å². The van der Waals surface area contributed by atoms with E-state index in [4.69, 9.17) is 0 Å². The van der Waals surface area contributed by atoms with E-state index in [2.05, 4.69) is 21.5 Å². The Morgan fingerprint density at radius 1 is 1.14 bits per heavy atom. The van der Waals surface area contributed by atoms with E-state index >= 15 is 0 Å². The molecule has 5 rings (SSSR count). The fourth-order valence-electron chi connectivity index (χ4n) is 4.22. The highest BCUT2D eigenvalue weighted by Crippen LogP contribution is 2.32. The second kappa shape index (κ2) is 6.23. The Balaban J connectivity index is 1.48. The molecule has 146 valence electrons. The van der Waals surface area contributed by atoms with Crippen LogP contribution in [0.5, 0.6) is 0 Å². The molecule has 0 spiro atoms. The van der Waals surface area contributed by atoms with Crippen LogP contribution in [0.15, 0.2) is 30.5 Å². The highest BCUT2D eigenvalue weighted by molar-refractivity contribution is 6.05. The molecule has 0 saturated carbocycles. The molecule has 1 unspecified atom stereocenters. The van der Waals surface area contributed by atoms with Gasteiger partial charge in [0, 0.05) is 42.7 Å². The van der Waals surface area contributed by atoms with Crippen molar-refractivity contribution in [1.82, 2.24) is 25.0 Å². The van der Waals surface area contributed by atoms with Crippen LogP contribution in [0.1, 0.15) is 34.5 Å². The summed E-state index contributed by atoms with van der Waals surface area (Å²) < 4.78 is 1.76. The summed E-state index contributed by atoms with van der Waals surface area (Å²) in [5, 5.41) is 7.73. The Labute approximate surface area is 166 Å². The first-order valence-electron chi connectivity index (χ1n) is 9.49. The molecule has 1 fully saturated rings. The lowest BCUT2D eigenvalue weighted by Crippen LogP contribution is -2.52. The van der Waals surface area contributed by atoms with Crippen LogP contribution < -0.4 is 5.32 Å². The molecule has 0 aliphatic carbocycles. The molecule has 3 aromatic rings. The third kappa shape index (κ3) is 2.71. The van der Waals surface area contributed by atoms with Gasteiger partial charge in [-0.25, -0.2) is 4.98 Å². The minimum Gasteiger partial charge on any atom is -0.322 e. The number of amides is 3. The molecule has 8 heteroatoms. The van der Waals surface area contributed by atoms with Crippen molar-refractivity contribution in [3.63, 3.8) is 0 Å². The number of hydrogen-bond donors (Lipinski definition) is 1. The maximum atomic E-state index is 12.8. The molecular weight excluding hydrogens is 370 g/mol. The molecule has 4 heterocycles. The van der Waals surface area contributed by atoms with Gasteiger partial charge in [0.15, 0.2) is 5.65 Å². The van der Waals surface area contributed by atoms with E-state index in [1.165, 1.54) is 0 Å². The summed E-state index contributed by atoms with van der Waals surface area (Å²) in [4.78, 5) is 42.5. The van der Waals surface area contributed by atoms with Crippen LogP contribution in [0.4, 0.5) is 0 Å². The normalized spacial score (nSPS) is 19.0. The third-order valence-corrected chi connectivity index (χ3v) is 5.72. The summed E-state index contributed by atoms with van der Waals surface area (Å²) in [6, 6.07) is 7.14. The lowest BCUT2D eigenvalue weighted by Gasteiger charge is -2.29. The van der Waals surface area contributed by atoms with E-state index in [0.29, 0.717) is 18.5 Å². The maximum Gasteiger partial charge on any atom is 0.255 e. The van der Waals surface area contributed by atoms with E-state index in [9.17, 15) is 14.4 Å². The number of hydrogen-bond acceptors (Lipinski definition) is 5. The first-order valence-corrected chi connectivity index (χ1v) is 9.49. The Morgan fingerprint density at radius 3 is 2.76 bits per heavy atom. The van der Waals surface area contributed by atoms with Gasteiger partial charge in [-0.3, -0.25) is 24.4 Å². The van der Waals surface area contributed by atoms with E-state index in [1.807, 2.05) is 26.1 Å². The standard InChI is InChI=1S/C21H19N5O3/c1-11-16-8-13(9-22-19(16)25(2)24-11)12-3-4-15-14(7-12)10-26(21(15)29)17-5-6-18(27)23-20(17)28/h3-4,7-9,17H,5-6,10H2,1-2H3,(H,23,27,28). The molecule has 2 aliphatic rings. The number of aryl methyl sites for hydroxylation is 2. The van der Waals surface area contributed by atoms with Crippen molar-refractivity contribution in [3.8, 4) is 11.1 Å². The summed E-state index contributed by atoms with van der Waals surface area (Å²) in [6.45, 7) is 2.31. The number of carbonyl (C=O) groups is 3. The number of nitrogens with zero attached hydrogens (tertiary/aromatic N) is 4. The largest absolute Gasteiger partial charge is 0.322 e. The molecule has 8 nitrogen and oxygen atoms in total. The first-order chi connectivity index (χ1) is 13.9. The monoisotopic (exact) mass is 389 g/mol. The van der Waals surface area contributed by atoms with Gasteiger partial charge in [-0.05, 0) is 42.7 Å². The van der Waals surface area contributed by atoms with Gasteiger partial charge in [-0.1, -0.05) is 6.07 Å². The number of pyridine rings is 1. The number of fused-ring (bicyclic) bond motifs is 2. The van der Waals surface area contributed by atoms with Gasteiger partial charge in [0.2, 0.25) is 11.8 Å². The number of rotatable bonds is 2.